The Morgan fingerprint density at radius 2 is 0.265 bits per heavy atom. The summed E-state index contributed by atoms with van der Waals surface area (Å²) in [6.07, 6.45) is 20.7. The maximum atomic E-state index is 9.87. The Bertz CT molecular complexity index is 4040. The van der Waals surface area contributed by atoms with E-state index >= 15 is 0 Å². The van der Waals surface area contributed by atoms with Crippen LogP contribution in [0.4, 0.5) is 101 Å². The van der Waals surface area contributed by atoms with Gasteiger partial charge in [-0.1, -0.05) is 99.9 Å². The van der Waals surface area contributed by atoms with Gasteiger partial charge in [0.25, 0.3) is 0 Å². The van der Waals surface area contributed by atoms with Crippen molar-refractivity contribution in [1.82, 2.24) is 79.1 Å². The molecule has 0 spiro atoms. The molecule has 4 saturated carbocycles. The predicted octanol–water partition coefficient (Wildman–Crippen LogP) is 29.4. The van der Waals surface area contributed by atoms with Crippen LogP contribution in [0.2, 0.25) is 0 Å². The molecule has 48 heteroatoms. The number of hydrogen-bond donors (Lipinski definition) is 0. The first kappa shape index (κ1) is 129. The molecular weight excluding hydrogens is 2120 g/mol. The summed E-state index contributed by atoms with van der Waals surface area (Å²) < 4.78 is 237. The van der Waals surface area contributed by atoms with Gasteiger partial charge in [-0.2, -0.15) is 0 Å². The van der Waals surface area contributed by atoms with Gasteiger partial charge in [0.05, 0.1) is 45.6 Å². The number of aromatic nitrogens is 8. The van der Waals surface area contributed by atoms with Crippen molar-refractivity contribution in [2.75, 3.05) is 56.4 Å². The van der Waals surface area contributed by atoms with Crippen molar-refractivity contribution in [3.63, 3.8) is 0 Å². The minimum absolute atomic E-state index is 0. The second-order valence-electron chi connectivity index (χ2n) is 35.0. The van der Waals surface area contributed by atoms with Gasteiger partial charge in [0.15, 0.2) is 0 Å². The molecule has 8 aromatic heterocycles. The van der Waals surface area contributed by atoms with E-state index in [-0.39, 0.29) is 68.3 Å². The molecule has 4 aliphatic carbocycles. The molecule has 8 atom stereocenters. The van der Waals surface area contributed by atoms with Gasteiger partial charge < -0.3 is 0 Å². The first-order valence-corrected chi connectivity index (χ1v) is 51.3. The van der Waals surface area contributed by atoms with Crippen LogP contribution in [0.25, 0.3) is 0 Å². The molecular formula is C88H128Cu4F24N16P4. The quantitative estimate of drug-likeness (QED) is 0.0323. The Labute approximate surface area is 826 Å². The SMILES string of the molecule is Cc1cccc(CN(C)[C@@H]2CCCC[C@H]2N(C)Cc2cccc(C)n2)n1.Cc1cccc(CN(C)[C@@H]2CCCC[C@H]2N(C)Cc2cccc(C)n2)n1.Cc1cccc(CN(C)[C@@H]2CCCC[C@H]2N(C)Cc2cccc(C)n2)n1.Cc1cccc(CN(C)[C@@H]2CCCC[C@H]2N(C)Cc2cccc(C)n2)n1.F[P-](F)(F)(F)(F)F.F[P-](F)(F)(F)(F)F.F[P-](F)(F)(F)(F)F.F[P-](F)(F)(F)(F)F.[Cu+].[Cu+].[Cu+].[Cu+]. The van der Waals surface area contributed by atoms with E-state index in [4.69, 9.17) is 39.9 Å². The summed E-state index contributed by atoms with van der Waals surface area (Å²) in [5, 5.41) is 0. The van der Waals surface area contributed by atoms with Crippen molar-refractivity contribution in [3.8, 4) is 0 Å². The molecule has 8 aromatic rings. The Hall–Kier alpha value is -5.00. The largest absolute Gasteiger partial charge is 1.00 e. The van der Waals surface area contributed by atoms with Crippen LogP contribution in [0, 0.1) is 55.4 Å². The van der Waals surface area contributed by atoms with Crippen LogP contribution in [0.3, 0.4) is 0 Å². The molecule has 12 rings (SSSR count). The van der Waals surface area contributed by atoms with Crippen molar-refractivity contribution < 1.29 is 169 Å². The molecule has 16 nitrogen and oxygen atoms in total. The summed E-state index contributed by atoms with van der Waals surface area (Å²) in [6, 6.07) is 55.1. The molecule has 0 aromatic carbocycles. The topological polar surface area (TPSA) is 129 Å². The van der Waals surface area contributed by atoms with Crippen LogP contribution in [0.15, 0.2) is 146 Å². The van der Waals surface area contributed by atoms with Crippen molar-refractivity contribution in [3.05, 3.63) is 237 Å². The number of halogens is 24. The summed E-state index contributed by atoms with van der Waals surface area (Å²) in [5.41, 5.74) is 18.1. The fourth-order valence-corrected chi connectivity index (χ4v) is 17.0. The second kappa shape index (κ2) is 50.5. The molecule has 0 unspecified atom stereocenters. The molecule has 8 heterocycles. The molecule has 4 fully saturated rings. The minimum Gasteiger partial charge on any atom is 1.00 e. The van der Waals surface area contributed by atoms with Crippen LogP contribution in [0.5, 0.6) is 0 Å². The fraction of sp³-hybridized carbons (Fsp3) is 0.545. The number of pyridine rings is 8. The van der Waals surface area contributed by atoms with E-state index in [0.29, 0.717) is 48.3 Å². The number of aryl methyl sites for hydroxylation is 8. The van der Waals surface area contributed by atoms with Gasteiger partial charge in [-0.05, 0) is 260 Å². The third-order valence-corrected chi connectivity index (χ3v) is 22.2. The van der Waals surface area contributed by atoms with Gasteiger partial charge in [-0.3, -0.25) is 79.1 Å². The van der Waals surface area contributed by atoms with Gasteiger partial charge in [-0.25, -0.2) is 0 Å². The van der Waals surface area contributed by atoms with Crippen molar-refractivity contribution >= 4 is 31.2 Å². The van der Waals surface area contributed by atoms with Crippen LogP contribution in [-0.2, 0) is 121 Å². The third kappa shape index (κ3) is 63.1. The normalized spacial score (nSPS) is 20.6. The van der Waals surface area contributed by atoms with E-state index in [2.05, 4.69) is 297 Å². The maximum absolute atomic E-state index is 10.7. The van der Waals surface area contributed by atoms with E-state index in [1.807, 2.05) is 0 Å². The Kier molecular flexibility index (Phi) is 47.9. The summed E-state index contributed by atoms with van der Waals surface area (Å²) >= 11 is 0. The molecule has 136 heavy (non-hydrogen) atoms. The van der Waals surface area contributed by atoms with Gasteiger partial charge in [0.2, 0.25) is 0 Å². The summed E-state index contributed by atoms with van der Waals surface area (Å²) in [4.78, 5) is 57.6. The molecule has 0 amide bonds. The fourth-order valence-electron chi connectivity index (χ4n) is 17.0. The molecule has 0 bridgehead atoms. The average Bonchev–Trinajstić information content (AvgIpc) is 0.794. The smallest absolute Gasteiger partial charge is 1.00 e. The third-order valence-electron chi connectivity index (χ3n) is 22.2. The van der Waals surface area contributed by atoms with E-state index in [9.17, 15) is 101 Å². The van der Waals surface area contributed by atoms with Gasteiger partial charge in [0.1, 0.15) is 0 Å². The Morgan fingerprint density at radius 3 is 0.338 bits per heavy atom. The minimum atomic E-state index is -10.7. The summed E-state index contributed by atoms with van der Waals surface area (Å²) in [6.45, 7) is 23.8. The second-order valence-corrected chi connectivity index (χ2v) is 42.7. The monoisotopic (exact) mass is 2240 g/mol. The van der Waals surface area contributed by atoms with E-state index in [1.54, 1.807) is 0 Å². The Balaban J connectivity index is 0.000000819. The molecule has 792 valence electrons. The molecule has 0 saturated heterocycles. The zero-order valence-corrected chi connectivity index (χ0v) is 86.0. The van der Waals surface area contributed by atoms with E-state index in [1.165, 1.54) is 148 Å². The number of rotatable bonds is 24. The molecule has 0 N–H and O–H groups in total. The molecule has 4 aliphatic rings. The van der Waals surface area contributed by atoms with Gasteiger partial charge in [-0.15, -0.1) is 0 Å². The zero-order chi connectivity index (χ0) is 99.7. The average molecular weight is 2240 g/mol. The zero-order valence-electron chi connectivity index (χ0n) is 78.7. The van der Waals surface area contributed by atoms with E-state index in [0.717, 1.165) is 97.9 Å². The number of hydrogen-bond acceptors (Lipinski definition) is 16. The van der Waals surface area contributed by atoms with Crippen molar-refractivity contribution in [2.45, 2.75) is 259 Å². The summed E-state index contributed by atoms with van der Waals surface area (Å²) in [7, 11) is -24.6. The number of nitrogens with zero attached hydrogens (tertiary/aromatic N) is 16. The summed E-state index contributed by atoms with van der Waals surface area (Å²) in [5.74, 6) is 0. The first-order chi connectivity index (χ1) is 59.9. The first-order valence-electron chi connectivity index (χ1n) is 43.2. The maximum Gasteiger partial charge on any atom is 1.00 e. The van der Waals surface area contributed by atoms with Crippen molar-refractivity contribution in [2.24, 2.45) is 0 Å². The van der Waals surface area contributed by atoms with Crippen LogP contribution < -0.4 is 0 Å². The molecule has 0 aliphatic heterocycles. The van der Waals surface area contributed by atoms with Crippen LogP contribution in [0.1, 0.15) is 194 Å². The predicted molar refractivity (Wildman–Crippen MR) is 482 cm³/mol. The number of likely N-dealkylation sites (N-methyl/N-ethyl adjacent to an activating group) is 8. The Morgan fingerprint density at radius 1 is 0.184 bits per heavy atom. The van der Waals surface area contributed by atoms with Crippen molar-refractivity contribution in [1.29, 1.82) is 0 Å². The molecule has 0 radical (unpaired) electrons. The van der Waals surface area contributed by atoms with Gasteiger partial charge >= 0.3 is 200 Å². The van der Waals surface area contributed by atoms with Crippen LogP contribution in [-0.4, -0.2) is 184 Å². The standard InChI is InChI=1S/4C22H32N4.4Cu.4F6P/c4*1-17-9-7-11-19(23-17)15-25(3)21-13-5-6-14-22(21)26(4)16-20-12-8-10-18(2)24-20;;;;;4*1-7(2,3,4,5)6/h4*7-12,21-22H,5-6,13-16H2,1-4H3;;;;;;;;/q;;;;4*+1;4*-1/t4*21-,22-;;;;;;;;/m1111......../s1. The van der Waals surface area contributed by atoms with E-state index < -0.39 is 31.2 Å². The van der Waals surface area contributed by atoms with Crippen LogP contribution >= 0.6 is 31.2 Å². The van der Waals surface area contributed by atoms with Gasteiger partial charge in [0, 0.05) is 146 Å².